The summed E-state index contributed by atoms with van der Waals surface area (Å²) < 4.78 is 0. The van der Waals surface area contributed by atoms with Gasteiger partial charge >= 0.3 is 0 Å². The molecule has 0 unspecified atom stereocenters. The fourth-order valence-corrected chi connectivity index (χ4v) is 6.59. The molecule has 0 spiro atoms. The summed E-state index contributed by atoms with van der Waals surface area (Å²) >= 11 is 7.40. The van der Waals surface area contributed by atoms with E-state index in [1.165, 1.54) is 17.4 Å². The number of hydrogen-bond acceptors (Lipinski definition) is 7. The van der Waals surface area contributed by atoms with E-state index in [1.807, 2.05) is 7.05 Å². The third-order valence-corrected chi connectivity index (χ3v) is 8.74. The smallest absolute Gasteiger partial charge is 0.280 e. The van der Waals surface area contributed by atoms with Gasteiger partial charge in [-0.05, 0) is 44.5 Å². The van der Waals surface area contributed by atoms with Gasteiger partial charge in [0.15, 0.2) is 10.4 Å². The number of benzene rings is 1. The molecular weight excluding hydrogens is 575 g/mol. The Morgan fingerprint density at radius 2 is 1.88 bits per heavy atom. The Labute approximate surface area is 246 Å². The number of thiazole rings is 1. The molecule has 0 saturated heterocycles. The molecule has 1 aromatic carbocycles. The van der Waals surface area contributed by atoms with Gasteiger partial charge in [0, 0.05) is 72.4 Å². The Kier molecular flexibility index (Phi) is 9.19. The molecule has 40 heavy (non-hydrogen) atoms. The minimum absolute atomic E-state index is 0. The molecule has 1 aliphatic heterocycles. The van der Waals surface area contributed by atoms with Crippen LogP contribution in [0.25, 0.3) is 10.9 Å². The molecule has 10 nitrogen and oxygen atoms in total. The number of likely N-dealkylation sites (N-methyl/N-ethyl adjacent to an activating group) is 1. The summed E-state index contributed by atoms with van der Waals surface area (Å²) in [5.74, 6) is -1.06. The van der Waals surface area contributed by atoms with Gasteiger partial charge in [-0.15, -0.1) is 23.7 Å². The van der Waals surface area contributed by atoms with Gasteiger partial charge in [-0.1, -0.05) is 11.6 Å². The number of carbonyl (C=O) groups is 3. The number of hydrogen-bond donors (Lipinski definition) is 3. The van der Waals surface area contributed by atoms with Crippen LogP contribution in [0.1, 0.15) is 50.1 Å². The summed E-state index contributed by atoms with van der Waals surface area (Å²) in [7, 11) is 5.46. The zero-order valence-electron chi connectivity index (χ0n) is 22.5. The van der Waals surface area contributed by atoms with Crippen LogP contribution >= 0.6 is 35.3 Å². The number of aromatic nitrogens is 2. The van der Waals surface area contributed by atoms with E-state index in [4.69, 9.17) is 11.6 Å². The molecule has 13 heteroatoms. The highest BCUT2D eigenvalue weighted by Crippen LogP contribution is 2.28. The second-order valence-corrected chi connectivity index (χ2v) is 12.0. The van der Waals surface area contributed by atoms with E-state index >= 15 is 0 Å². The van der Waals surface area contributed by atoms with E-state index < -0.39 is 18.0 Å². The van der Waals surface area contributed by atoms with E-state index in [0.29, 0.717) is 40.2 Å². The third kappa shape index (κ3) is 6.33. The van der Waals surface area contributed by atoms with Gasteiger partial charge in [0.2, 0.25) is 5.91 Å². The topological polar surface area (TPSA) is 128 Å². The second-order valence-electron chi connectivity index (χ2n) is 10.5. The molecule has 1 fully saturated rings. The number of nitrogens with one attached hydrogen (secondary N) is 3. The van der Waals surface area contributed by atoms with E-state index in [1.54, 1.807) is 37.2 Å². The lowest BCUT2D eigenvalue weighted by Crippen LogP contribution is -2.56. The number of nitrogens with zero attached hydrogens (tertiary/aromatic N) is 3. The highest BCUT2D eigenvalue weighted by Gasteiger charge is 2.37. The minimum Gasteiger partial charge on any atom is -0.350 e. The van der Waals surface area contributed by atoms with Gasteiger partial charge in [-0.3, -0.25) is 19.2 Å². The SMILES string of the molecule is CN1CCc2nc(C(=O)N[C@H]3C[C@@H](C(=O)N(C)C)CC[C@@H]3NC(=O)c3cc(=O)c4cc(Cl)ccc4[nH]3)sc2C1.Cl. The van der Waals surface area contributed by atoms with Crippen LogP contribution in [0.15, 0.2) is 29.1 Å². The first-order chi connectivity index (χ1) is 18.6. The van der Waals surface area contributed by atoms with Crippen molar-refractivity contribution in [3.8, 4) is 0 Å². The molecule has 3 amide bonds. The molecule has 214 valence electrons. The van der Waals surface area contributed by atoms with Crippen LogP contribution in [0.2, 0.25) is 5.02 Å². The summed E-state index contributed by atoms with van der Waals surface area (Å²) in [5.41, 5.74) is 1.25. The molecular formula is C27H32Cl2N6O4S. The molecule has 3 heterocycles. The van der Waals surface area contributed by atoms with Crippen LogP contribution in [-0.2, 0) is 17.8 Å². The van der Waals surface area contributed by atoms with Crippen LogP contribution in [-0.4, -0.2) is 77.3 Å². The van der Waals surface area contributed by atoms with Crippen molar-refractivity contribution in [2.24, 2.45) is 5.92 Å². The van der Waals surface area contributed by atoms with E-state index in [-0.39, 0.29) is 41.3 Å². The summed E-state index contributed by atoms with van der Waals surface area (Å²) in [4.78, 5) is 64.4. The van der Waals surface area contributed by atoms with Gasteiger partial charge < -0.3 is 25.4 Å². The number of halogens is 2. The van der Waals surface area contributed by atoms with Crippen molar-refractivity contribution in [2.45, 2.75) is 44.3 Å². The zero-order valence-corrected chi connectivity index (χ0v) is 24.8. The van der Waals surface area contributed by atoms with E-state index in [2.05, 4.69) is 25.5 Å². The average molecular weight is 608 g/mol. The Balaban J connectivity index is 0.00000370. The van der Waals surface area contributed by atoms with Crippen LogP contribution in [0.4, 0.5) is 0 Å². The highest BCUT2D eigenvalue weighted by molar-refractivity contribution is 7.13. The zero-order chi connectivity index (χ0) is 27.8. The van der Waals surface area contributed by atoms with Gasteiger partial charge in [0.05, 0.1) is 11.7 Å². The molecule has 2 aromatic heterocycles. The van der Waals surface area contributed by atoms with Crippen LogP contribution < -0.4 is 16.1 Å². The molecule has 3 N–H and O–H groups in total. The average Bonchev–Trinajstić information content (AvgIpc) is 3.33. The summed E-state index contributed by atoms with van der Waals surface area (Å²) in [6.45, 7) is 1.66. The van der Waals surface area contributed by atoms with E-state index in [9.17, 15) is 19.2 Å². The lowest BCUT2D eigenvalue weighted by atomic mass is 9.81. The maximum atomic E-state index is 13.3. The monoisotopic (exact) mass is 606 g/mol. The predicted octanol–water partition coefficient (Wildman–Crippen LogP) is 2.83. The Hall–Kier alpha value is -2.99. The lowest BCUT2D eigenvalue weighted by Gasteiger charge is -2.37. The summed E-state index contributed by atoms with van der Waals surface area (Å²) in [6, 6.07) is 5.18. The molecule has 5 rings (SSSR count). The fraction of sp³-hybridized carbons (Fsp3) is 0.444. The molecule has 0 bridgehead atoms. The number of aromatic amines is 1. The van der Waals surface area contributed by atoms with Crippen LogP contribution in [0, 0.1) is 5.92 Å². The van der Waals surface area contributed by atoms with Gasteiger partial charge in [0.1, 0.15) is 5.69 Å². The highest BCUT2D eigenvalue weighted by atomic mass is 35.5. The maximum absolute atomic E-state index is 13.3. The standard InChI is InChI=1S/C27H31ClN6O4S.ClH/c1-33(2)27(38)14-4-6-18(30-24(36)21-12-22(35)16-11-15(28)5-7-17(16)29-21)20(10-14)31-25(37)26-32-19-8-9-34(3)13-23(19)39-26;/h5,7,11-12,14,18,20H,4,6,8-10,13H2,1-3H3,(H,29,35)(H,30,36)(H,31,37);1H/t14-,18-,20-;/m0./s1. The Morgan fingerprint density at radius 3 is 2.62 bits per heavy atom. The second kappa shape index (κ2) is 12.3. The molecule has 1 aliphatic carbocycles. The maximum Gasteiger partial charge on any atom is 0.280 e. The molecule has 1 saturated carbocycles. The number of amides is 3. The number of fused-ring (bicyclic) bond motifs is 2. The normalized spacial score (nSPS) is 20.8. The predicted molar refractivity (Wildman–Crippen MR) is 158 cm³/mol. The van der Waals surface area contributed by atoms with Crippen LogP contribution in [0.3, 0.4) is 0 Å². The quantitative estimate of drug-likeness (QED) is 0.410. The van der Waals surface area contributed by atoms with Crippen molar-refractivity contribution < 1.29 is 14.4 Å². The van der Waals surface area contributed by atoms with E-state index in [0.717, 1.165) is 30.1 Å². The number of carbonyl (C=O) groups excluding carboxylic acids is 3. The summed E-state index contributed by atoms with van der Waals surface area (Å²) in [6.07, 6.45) is 2.24. The van der Waals surface area contributed by atoms with Gasteiger partial charge in [-0.2, -0.15) is 0 Å². The molecule has 3 atom stereocenters. The fourth-order valence-electron chi connectivity index (χ4n) is 5.33. The number of pyridine rings is 1. The number of H-pyrrole nitrogens is 1. The number of rotatable bonds is 5. The van der Waals surface area contributed by atoms with Crippen molar-refractivity contribution in [1.29, 1.82) is 0 Å². The molecule has 3 aromatic rings. The molecule has 0 radical (unpaired) electrons. The minimum atomic E-state index is -0.487. The largest absolute Gasteiger partial charge is 0.350 e. The van der Waals surface area contributed by atoms with Crippen molar-refractivity contribution in [3.63, 3.8) is 0 Å². The first-order valence-corrected chi connectivity index (χ1v) is 14.1. The first-order valence-electron chi connectivity index (χ1n) is 12.9. The van der Waals surface area contributed by atoms with Crippen molar-refractivity contribution in [1.82, 2.24) is 30.4 Å². The Morgan fingerprint density at radius 1 is 1.12 bits per heavy atom. The third-order valence-electron chi connectivity index (χ3n) is 7.43. The van der Waals surface area contributed by atoms with Gasteiger partial charge in [-0.25, -0.2) is 4.98 Å². The lowest BCUT2D eigenvalue weighted by molar-refractivity contribution is -0.134. The van der Waals surface area contributed by atoms with Crippen molar-refractivity contribution in [3.05, 3.63) is 60.8 Å². The van der Waals surface area contributed by atoms with Crippen LogP contribution in [0.5, 0.6) is 0 Å². The van der Waals surface area contributed by atoms with Crippen molar-refractivity contribution >= 4 is 64.0 Å². The van der Waals surface area contributed by atoms with Gasteiger partial charge in [0.25, 0.3) is 11.8 Å². The molecule has 2 aliphatic rings. The Bertz CT molecular complexity index is 1510. The first kappa shape index (κ1) is 30.0. The summed E-state index contributed by atoms with van der Waals surface area (Å²) in [5, 5.41) is 7.26. The van der Waals surface area contributed by atoms with Crippen molar-refractivity contribution in [2.75, 3.05) is 27.7 Å².